The van der Waals surface area contributed by atoms with Gasteiger partial charge in [0, 0.05) is 9.26 Å². The van der Waals surface area contributed by atoms with E-state index in [9.17, 15) is 4.79 Å². The molecule has 16 heavy (non-hydrogen) atoms. The van der Waals surface area contributed by atoms with Crippen LogP contribution < -0.4 is 5.32 Å². The molecule has 0 unspecified atom stereocenters. The molecule has 0 aliphatic rings. The highest BCUT2D eigenvalue weighted by molar-refractivity contribution is 14.1. The van der Waals surface area contributed by atoms with Gasteiger partial charge in [0.05, 0.1) is 0 Å². The molecule has 1 aromatic rings. The van der Waals surface area contributed by atoms with Crippen molar-refractivity contribution in [3.8, 4) is 0 Å². The summed E-state index contributed by atoms with van der Waals surface area (Å²) in [5, 5.41) is 2.71. The Kier molecular flexibility index (Phi) is 4.18. The molecule has 0 atom stereocenters. The van der Waals surface area contributed by atoms with Crippen LogP contribution in [-0.2, 0) is 4.74 Å². The summed E-state index contributed by atoms with van der Waals surface area (Å²) in [5.41, 5.74) is 1.40. The van der Waals surface area contributed by atoms with Crippen LogP contribution in [0.2, 0.25) is 0 Å². The number of halogens is 1. The molecular formula is C12H16INO2. The number of aryl methyl sites for hydroxylation is 1. The summed E-state index contributed by atoms with van der Waals surface area (Å²) >= 11 is 2.21. The van der Waals surface area contributed by atoms with Crippen LogP contribution in [-0.4, -0.2) is 11.7 Å². The monoisotopic (exact) mass is 333 g/mol. The maximum absolute atomic E-state index is 11.5. The molecule has 4 heteroatoms. The minimum atomic E-state index is -0.471. The minimum Gasteiger partial charge on any atom is -0.444 e. The number of anilines is 1. The maximum atomic E-state index is 11.5. The number of hydrogen-bond acceptors (Lipinski definition) is 2. The minimum absolute atomic E-state index is 0.422. The van der Waals surface area contributed by atoms with E-state index in [4.69, 9.17) is 4.74 Å². The molecule has 1 aromatic carbocycles. The zero-order valence-corrected chi connectivity index (χ0v) is 12.1. The highest BCUT2D eigenvalue weighted by atomic mass is 127. The third-order valence-electron chi connectivity index (χ3n) is 1.69. The SMILES string of the molecule is Cc1cc(I)cc(NC(=O)OC(C)(C)C)c1. The van der Waals surface area contributed by atoms with E-state index in [2.05, 4.69) is 27.9 Å². The van der Waals surface area contributed by atoms with Crippen LogP contribution in [0.25, 0.3) is 0 Å². The van der Waals surface area contributed by atoms with Gasteiger partial charge in [0.2, 0.25) is 0 Å². The van der Waals surface area contributed by atoms with Crippen molar-refractivity contribution in [3.63, 3.8) is 0 Å². The zero-order valence-electron chi connectivity index (χ0n) is 9.93. The lowest BCUT2D eigenvalue weighted by Gasteiger charge is -2.19. The Morgan fingerprint density at radius 2 is 1.94 bits per heavy atom. The van der Waals surface area contributed by atoms with Crippen LogP contribution >= 0.6 is 22.6 Å². The predicted molar refractivity (Wildman–Crippen MR) is 73.8 cm³/mol. The molecule has 0 aliphatic carbocycles. The first-order valence-electron chi connectivity index (χ1n) is 5.03. The Labute approximate surface area is 110 Å². The molecule has 0 aliphatic heterocycles. The van der Waals surface area contributed by atoms with E-state index >= 15 is 0 Å². The van der Waals surface area contributed by atoms with Crippen molar-refractivity contribution < 1.29 is 9.53 Å². The van der Waals surface area contributed by atoms with Gasteiger partial charge in [-0.3, -0.25) is 5.32 Å². The Balaban J connectivity index is 2.70. The Morgan fingerprint density at radius 3 is 2.44 bits per heavy atom. The highest BCUT2D eigenvalue weighted by Crippen LogP contribution is 2.17. The molecule has 0 heterocycles. The zero-order chi connectivity index (χ0) is 12.3. The summed E-state index contributed by atoms with van der Waals surface area (Å²) in [6.07, 6.45) is -0.422. The normalized spacial score (nSPS) is 11.1. The van der Waals surface area contributed by atoms with E-state index in [1.807, 2.05) is 45.9 Å². The second-order valence-corrected chi connectivity index (χ2v) is 5.89. The topological polar surface area (TPSA) is 38.3 Å². The van der Waals surface area contributed by atoms with E-state index < -0.39 is 11.7 Å². The van der Waals surface area contributed by atoms with E-state index in [0.717, 1.165) is 14.8 Å². The van der Waals surface area contributed by atoms with Crippen LogP contribution in [0, 0.1) is 10.5 Å². The molecule has 1 rings (SSSR count). The fourth-order valence-corrected chi connectivity index (χ4v) is 2.06. The second kappa shape index (κ2) is 5.03. The summed E-state index contributed by atoms with van der Waals surface area (Å²) in [6, 6.07) is 5.85. The Bertz CT molecular complexity index is 376. The molecule has 0 bridgehead atoms. The summed E-state index contributed by atoms with van der Waals surface area (Å²) in [5.74, 6) is 0. The largest absolute Gasteiger partial charge is 0.444 e. The van der Waals surface area contributed by atoms with Crippen molar-refractivity contribution >= 4 is 34.4 Å². The molecule has 0 spiro atoms. The van der Waals surface area contributed by atoms with Gasteiger partial charge in [-0.05, 0) is 74.0 Å². The number of ether oxygens (including phenoxy) is 1. The van der Waals surface area contributed by atoms with Gasteiger partial charge in [-0.1, -0.05) is 0 Å². The lowest BCUT2D eigenvalue weighted by molar-refractivity contribution is 0.0636. The lowest BCUT2D eigenvalue weighted by Crippen LogP contribution is -2.27. The molecule has 1 amide bonds. The number of rotatable bonds is 1. The first-order chi connectivity index (χ1) is 7.26. The molecule has 0 radical (unpaired) electrons. The number of nitrogens with one attached hydrogen (secondary N) is 1. The highest BCUT2D eigenvalue weighted by Gasteiger charge is 2.16. The van der Waals surface area contributed by atoms with E-state index in [0.29, 0.717) is 0 Å². The smallest absolute Gasteiger partial charge is 0.412 e. The van der Waals surface area contributed by atoms with Gasteiger partial charge in [0.15, 0.2) is 0 Å². The van der Waals surface area contributed by atoms with Gasteiger partial charge in [-0.15, -0.1) is 0 Å². The number of carbonyl (C=O) groups excluding carboxylic acids is 1. The van der Waals surface area contributed by atoms with Gasteiger partial charge in [-0.2, -0.15) is 0 Å². The van der Waals surface area contributed by atoms with Gasteiger partial charge < -0.3 is 4.74 Å². The summed E-state index contributed by atoms with van der Waals surface area (Å²) < 4.78 is 6.26. The third-order valence-corrected chi connectivity index (χ3v) is 2.31. The lowest BCUT2D eigenvalue weighted by atomic mass is 10.2. The number of hydrogen-bond donors (Lipinski definition) is 1. The van der Waals surface area contributed by atoms with Crippen LogP contribution in [0.4, 0.5) is 10.5 Å². The summed E-state index contributed by atoms with van der Waals surface area (Å²) in [4.78, 5) is 11.5. The Hall–Kier alpha value is -0.780. The molecule has 0 fully saturated rings. The summed E-state index contributed by atoms with van der Waals surface area (Å²) in [6.45, 7) is 7.51. The van der Waals surface area contributed by atoms with Gasteiger partial charge in [0.25, 0.3) is 0 Å². The number of benzene rings is 1. The first-order valence-corrected chi connectivity index (χ1v) is 6.11. The van der Waals surface area contributed by atoms with Crippen LogP contribution in [0.3, 0.4) is 0 Å². The fraction of sp³-hybridized carbons (Fsp3) is 0.417. The molecule has 0 saturated carbocycles. The van der Waals surface area contributed by atoms with E-state index in [1.165, 1.54) is 0 Å². The van der Waals surface area contributed by atoms with Gasteiger partial charge >= 0.3 is 6.09 Å². The van der Waals surface area contributed by atoms with Crippen molar-refractivity contribution in [2.24, 2.45) is 0 Å². The van der Waals surface area contributed by atoms with Crippen molar-refractivity contribution in [1.82, 2.24) is 0 Å². The van der Waals surface area contributed by atoms with Crippen LogP contribution in [0.5, 0.6) is 0 Å². The molecule has 0 saturated heterocycles. The number of amides is 1. The summed E-state index contributed by atoms with van der Waals surface area (Å²) in [7, 11) is 0. The van der Waals surface area contributed by atoms with Crippen molar-refractivity contribution in [2.45, 2.75) is 33.3 Å². The molecule has 3 nitrogen and oxygen atoms in total. The van der Waals surface area contributed by atoms with Crippen LogP contribution in [0.15, 0.2) is 18.2 Å². The van der Waals surface area contributed by atoms with Crippen molar-refractivity contribution in [2.75, 3.05) is 5.32 Å². The van der Waals surface area contributed by atoms with Crippen molar-refractivity contribution in [1.29, 1.82) is 0 Å². The Morgan fingerprint density at radius 1 is 1.31 bits per heavy atom. The molecule has 88 valence electrons. The average Bonchev–Trinajstić information content (AvgIpc) is 1.96. The van der Waals surface area contributed by atoms with Crippen LogP contribution in [0.1, 0.15) is 26.3 Å². The average molecular weight is 333 g/mol. The quantitative estimate of drug-likeness (QED) is 0.791. The predicted octanol–water partition coefficient (Wildman–Crippen LogP) is 3.95. The first kappa shape index (κ1) is 13.3. The maximum Gasteiger partial charge on any atom is 0.412 e. The van der Waals surface area contributed by atoms with Crippen molar-refractivity contribution in [3.05, 3.63) is 27.3 Å². The van der Waals surface area contributed by atoms with E-state index in [1.54, 1.807) is 0 Å². The molecule has 1 N–H and O–H groups in total. The molecule has 0 aromatic heterocycles. The number of carbonyl (C=O) groups is 1. The van der Waals surface area contributed by atoms with E-state index in [-0.39, 0.29) is 0 Å². The van der Waals surface area contributed by atoms with Gasteiger partial charge in [0.1, 0.15) is 5.60 Å². The third kappa shape index (κ3) is 4.83. The second-order valence-electron chi connectivity index (χ2n) is 4.64. The standard InChI is InChI=1S/C12H16INO2/c1-8-5-9(13)7-10(6-8)14-11(15)16-12(2,3)4/h5-7H,1-4H3,(H,14,15). The molecular weight excluding hydrogens is 317 g/mol. The van der Waals surface area contributed by atoms with Gasteiger partial charge in [-0.25, -0.2) is 4.79 Å². The fourth-order valence-electron chi connectivity index (χ4n) is 1.23.